The van der Waals surface area contributed by atoms with E-state index in [2.05, 4.69) is 0 Å². The quantitative estimate of drug-likeness (QED) is 0.562. The summed E-state index contributed by atoms with van der Waals surface area (Å²) in [7, 11) is 0. The predicted molar refractivity (Wildman–Crippen MR) is 32.5 cm³/mol. The molecule has 2 atom stereocenters. The molecule has 2 heteroatoms. The van der Waals surface area contributed by atoms with Crippen molar-refractivity contribution in [2.75, 3.05) is 6.61 Å². The van der Waals surface area contributed by atoms with Crippen molar-refractivity contribution >= 4 is 0 Å². The number of hydrogen-bond acceptors (Lipinski definition) is 2. The molecule has 0 rings (SSSR count). The second kappa shape index (κ2) is 3.87. The standard InChI is InChI=1S/C6H14O2/c1-5(3-4-7)6(2)8/h5-8H,3-4H2,1-2H3. The lowest BCUT2D eigenvalue weighted by molar-refractivity contribution is 0.115. The zero-order valence-electron chi connectivity index (χ0n) is 5.46. The van der Waals surface area contributed by atoms with Gasteiger partial charge in [-0.3, -0.25) is 0 Å². The van der Waals surface area contributed by atoms with Crippen molar-refractivity contribution < 1.29 is 10.2 Å². The van der Waals surface area contributed by atoms with E-state index in [1.807, 2.05) is 6.92 Å². The smallest absolute Gasteiger partial charge is 0.0538 e. The minimum Gasteiger partial charge on any atom is -0.396 e. The van der Waals surface area contributed by atoms with E-state index in [0.717, 1.165) is 0 Å². The van der Waals surface area contributed by atoms with Crippen LogP contribution in [0.4, 0.5) is 0 Å². The van der Waals surface area contributed by atoms with E-state index in [-0.39, 0.29) is 18.6 Å². The molecule has 0 saturated carbocycles. The first-order valence-corrected chi connectivity index (χ1v) is 2.97. The highest BCUT2D eigenvalue weighted by Crippen LogP contribution is 2.05. The molecule has 0 aromatic heterocycles. The Kier molecular flexibility index (Phi) is 3.83. The first-order valence-electron chi connectivity index (χ1n) is 2.97. The largest absolute Gasteiger partial charge is 0.396 e. The fourth-order valence-corrected chi connectivity index (χ4v) is 0.445. The third-order valence-electron chi connectivity index (χ3n) is 1.41. The summed E-state index contributed by atoms with van der Waals surface area (Å²) in [5.41, 5.74) is 0. The topological polar surface area (TPSA) is 40.5 Å². The monoisotopic (exact) mass is 118 g/mol. The lowest BCUT2D eigenvalue weighted by Gasteiger charge is -2.11. The number of aliphatic hydroxyl groups is 2. The average Bonchev–Trinajstić information content (AvgIpc) is 1.67. The van der Waals surface area contributed by atoms with Crippen LogP contribution in [-0.2, 0) is 0 Å². The van der Waals surface area contributed by atoms with E-state index in [1.165, 1.54) is 0 Å². The zero-order chi connectivity index (χ0) is 6.57. The first kappa shape index (κ1) is 7.92. The SMILES string of the molecule is CC(O)C(C)CCO. The van der Waals surface area contributed by atoms with Crippen molar-refractivity contribution in [1.29, 1.82) is 0 Å². The highest BCUT2D eigenvalue weighted by atomic mass is 16.3. The van der Waals surface area contributed by atoms with Gasteiger partial charge in [0.15, 0.2) is 0 Å². The fraction of sp³-hybridized carbons (Fsp3) is 1.00. The Morgan fingerprint density at radius 1 is 1.38 bits per heavy atom. The summed E-state index contributed by atoms with van der Waals surface area (Å²) in [4.78, 5) is 0. The van der Waals surface area contributed by atoms with Gasteiger partial charge in [-0.1, -0.05) is 6.92 Å². The van der Waals surface area contributed by atoms with Crippen LogP contribution in [0, 0.1) is 5.92 Å². The Morgan fingerprint density at radius 2 is 1.88 bits per heavy atom. The van der Waals surface area contributed by atoms with Gasteiger partial charge in [0.05, 0.1) is 6.10 Å². The highest BCUT2D eigenvalue weighted by Gasteiger charge is 2.05. The average molecular weight is 118 g/mol. The molecule has 0 fully saturated rings. The molecule has 0 bridgehead atoms. The van der Waals surface area contributed by atoms with Crippen LogP contribution in [0.2, 0.25) is 0 Å². The predicted octanol–water partition coefficient (Wildman–Crippen LogP) is 0.386. The molecular weight excluding hydrogens is 104 g/mol. The summed E-state index contributed by atoms with van der Waals surface area (Å²) in [5.74, 6) is 0.222. The summed E-state index contributed by atoms with van der Waals surface area (Å²) in [6.45, 7) is 3.83. The van der Waals surface area contributed by atoms with Gasteiger partial charge in [0.2, 0.25) is 0 Å². The van der Waals surface area contributed by atoms with Crippen LogP contribution >= 0.6 is 0 Å². The lowest BCUT2D eigenvalue weighted by Crippen LogP contribution is -2.13. The van der Waals surface area contributed by atoms with Gasteiger partial charge in [-0.15, -0.1) is 0 Å². The van der Waals surface area contributed by atoms with Crippen molar-refractivity contribution in [3.63, 3.8) is 0 Å². The number of hydrogen-bond donors (Lipinski definition) is 2. The summed E-state index contributed by atoms with van der Waals surface area (Å²) in [6, 6.07) is 0. The maximum absolute atomic E-state index is 8.84. The summed E-state index contributed by atoms with van der Waals surface area (Å²) < 4.78 is 0. The fourth-order valence-electron chi connectivity index (χ4n) is 0.445. The Hall–Kier alpha value is -0.0800. The summed E-state index contributed by atoms with van der Waals surface area (Å²) in [6.07, 6.45) is 0.402. The third-order valence-corrected chi connectivity index (χ3v) is 1.41. The lowest BCUT2D eigenvalue weighted by atomic mass is 10.0. The third kappa shape index (κ3) is 2.99. The minimum atomic E-state index is -0.290. The van der Waals surface area contributed by atoms with Crippen molar-refractivity contribution in [2.24, 2.45) is 5.92 Å². The maximum Gasteiger partial charge on any atom is 0.0538 e. The summed E-state index contributed by atoms with van der Waals surface area (Å²) in [5, 5.41) is 17.2. The van der Waals surface area contributed by atoms with Crippen LogP contribution in [0.3, 0.4) is 0 Å². The minimum absolute atomic E-state index is 0.173. The van der Waals surface area contributed by atoms with Gasteiger partial charge in [-0.2, -0.15) is 0 Å². The number of rotatable bonds is 3. The molecule has 2 nitrogen and oxygen atoms in total. The zero-order valence-corrected chi connectivity index (χ0v) is 5.46. The summed E-state index contributed by atoms with van der Waals surface area (Å²) >= 11 is 0. The van der Waals surface area contributed by atoms with E-state index >= 15 is 0 Å². The molecule has 0 aromatic rings. The molecule has 0 heterocycles. The van der Waals surface area contributed by atoms with Gasteiger partial charge >= 0.3 is 0 Å². The van der Waals surface area contributed by atoms with Gasteiger partial charge in [-0.25, -0.2) is 0 Å². The van der Waals surface area contributed by atoms with Gasteiger partial charge < -0.3 is 10.2 Å². The Balaban J connectivity index is 3.17. The van der Waals surface area contributed by atoms with Gasteiger partial charge in [0.25, 0.3) is 0 Å². The Morgan fingerprint density at radius 3 is 2.00 bits per heavy atom. The van der Waals surface area contributed by atoms with Gasteiger partial charge in [0.1, 0.15) is 0 Å². The molecule has 0 radical (unpaired) electrons. The van der Waals surface area contributed by atoms with Gasteiger partial charge in [-0.05, 0) is 19.3 Å². The Bertz CT molecular complexity index is 52.5. The molecule has 2 unspecified atom stereocenters. The molecule has 50 valence electrons. The molecule has 8 heavy (non-hydrogen) atoms. The second-order valence-electron chi connectivity index (χ2n) is 2.23. The first-order chi connectivity index (χ1) is 3.68. The highest BCUT2D eigenvalue weighted by molar-refractivity contribution is 4.56. The number of aliphatic hydroxyl groups excluding tert-OH is 2. The molecular formula is C6H14O2. The van der Waals surface area contributed by atoms with E-state index in [0.29, 0.717) is 6.42 Å². The molecule has 0 amide bonds. The van der Waals surface area contributed by atoms with E-state index in [1.54, 1.807) is 6.92 Å². The van der Waals surface area contributed by atoms with Crippen LogP contribution < -0.4 is 0 Å². The van der Waals surface area contributed by atoms with Crippen LogP contribution in [0.15, 0.2) is 0 Å². The molecule has 0 aliphatic rings. The normalized spacial score (nSPS) is 18.0. The molecule has 0 aliphatic carbocycles. The molecule has 0 saturated heterocycles. The van der Waals surface area contributed by atoms with Crippen molar-refractivity contribution in [2.45, 2.75) is 26.4 Å². The molecule has 0 aliphatic heterocycles. The van der Waals surface area contributed by atoms with E-state index in [9.17, 15) is 0 Å². The molecule has 2 N–H and O–H groups in total. The maximum atomic E-state index is 8.84. The van der Waals surface area contributed by atoms with Crippen LogP contribution in [-0.4, -0.2) is 22.9 Å². The van der Waals surface area contributed by atoms with Crippen LogP contribution in [0.1, 0.15) is 20.3 Å². The van der Waals surface area contributed by atoms with Crippen LogP contribution in [0.5, 0.6) is 0 Å². The molecule has 0 aromatic carbocycles. The van der Waals surface area contributed by atoms with Crippen molar-refractivity contribution in [3.05, 3.63) is 0 Å². The van der Waals surface area contributed by atoms with Crippen molar-refractivity contribution in [1.82, 2.24) is 0 Å². The Labute approximate surface area is 50.2 Å². The van der Waals surface area contributed by atoms with E-state index in [4.69, 9.17) is 10.2 Å². The van der Waals surface area contributed by atoms with Gasteiger partial charge in [0, 0.05) is 6.61 Å². The van der Waals surface area contributed by atoms with Crippen molar-refractivity contribution in [3.8, 4) is 0 Å². The van der Waals surface area contributed by atoms with Crippen LogP contribution in [0.25, 0.3) is 0 Å². The van der Waals surface area contributed by atoms with E-state index < -0.39 is 0 Å². The molecule has 0 spiro atoms. The second-order valence-corrected chi connectivity index (χ2v) is 2.23.